The van der Waals surface area contributed by atoms with E-state index < -0.39 is 24.1 Å². The van der Waals surface area contributed by atoms with Crippen LogP contribution in [0.1, 0.15) is 25.8 Å². The topological polar surface area (TPSA) is 99.4 Å². The highest BCUT2D eigenvalue weighted by atomic mass is 16.6. The summed E-state index contributed by atoms with van der Waals surface area (Å²) in [4.78, 5) is 31.1. The minimum absolute atomic E-state index is 0.0155. The van der Waals surface area contributed by atoms with Gasteiger partial charge in [0, 0.05) is 11.5 Å². The zero-order valence-corrected chi connectivity index (χ0v) is 14.5. The smallest absolute Gasteiger partial charge is 0.352 e. The molecule has 2 N–H and O–H groups in total. The van der Waals surface area contributed by atoms with Gasteiger partial charge in [-0.1, -0.05) is 42.4 Å². The molecule has 0 saturated carbocycles. The highest BCUT2D eigenvalue weighted by molar-refractivity contribution is 6.04. The second kappa shape index (κ2) is 5.95. The van der Waals surface area contributed by atoms with Crippen molar-refractivity contribution in [2.24, 2.45) is 17.0 Å². The van der Waals surface area contributed by atoms with Gasteiger partial charge in [0.15, 0.2) is 6.10 Å². The van der Waals surface area contributed by atoms with Crippen molar-refractivity contribution in [3.05, 3.63) is 47.2 Å². The standard InChI is InChI=1S/C19H20N2O5/c1-9-15(11-6-4-3-5-7-11)20-26-17(9)12-8-13-14(10(2)22)18(23)21(13)16(12)19(24)25/h3-7,9-10,13-14,17,22H,8H2,1-2H3,(H,24,25)/t9-,10-,13-,14-,17+/m1/s1. The Kier molecular flexibility index (Phi) is 3.84. The molecule has 1 saturated heterocycles. The number of carboxylic acids is 1. The van der Waals surface area contributed by atoms with Crippen LogP contribution in [-0.2, 0) is 14.4 Å². The first-order valence-electron chi connectivity index (χ1n) is 8.68. The van der Waals surface area contributed by atoms with E-state index in [9.17, 15) is 19.8 Å². The molecule has 0 aromatic heterocycles. The molecule has 1 fully saturated rings. The van der Waals surface area contributed by atoms with Crippen LogP contribution < -0.4 is 0 Å². The lowest BCUT2D eigenvalue weighted by atomic mass is 9.81. The number of aliphatic carboxylic acids is 1. The van der Waals surface area contributed by atoms with E-state index in [1.54, 1.807) is 6.92 Å². The number of carboxylic acid groups (broad SMARTS) is 1. The maximum absolute atomic E-state index is 12.3. The van der Waals surface area contributed by atoms with Crippen molar-refractivity contribution in [1.82, 2.24) is 4.90 Å². The van der Waals surface area contributed by atoms with Crippen molar-refractivity contribution in [1.29, 1.82) is 0 Å². The van der Waals surface area contributed by atoms with E-state index in [2.05, 4.69) is 5.16 Å². The summed E-state index contributed by atoms with van der Waals surface area (Å²) in [6.07, 6.45) is -0.948. The molecule has 0 aliphatic carbocycles. The Hall–Kier alpha value is -2.67. The lowest BCUT2D eigenvalue weighted by Crippen LogP contribution is -2.61. The van der Waals surface area contributed by atoms with Crippen molar-refractivity contribution in [3.8, 4) is 0 Å². The van der Waals surface area contributed by atoms with Crippen LogP contribution in [-0.4, -0.2) is 51.0 Å². The third kappa shape index (κ3) is 2.27. The number of β-lactam (4-membered cyclic amide) rings is 1. The van der Waals surface area contributed by atoms with Gasteiger partial charge in [-0.15, -0.1) is 0 Å². The fraction of sp³-hybridized carbons (Fsp3) is 0.421. The first-order chi connectivity index (χ1) is 12.4. The molecule has 1 aromatic rings. The Morgan fingerprint density at radius 1 is 1.35 bits per heavy atom. The van der Waals surface area contributed by atoms with Gasteiger partial charge in [0.1, 0.15) is 5.70 Å². The number of carbonyl (C=O) groups excluding carboxylic acids is 1. The predicted molar refractivity (Wildman–Crippen MR) is 92.1 cm³/mol. The number of aliphatic hydroxyl groups excluding tert-OH is 1. The van der Waals surface area contributed by atoms with Crippen LogP contribution in [0.5, 0.6) is 0 Å². The van der Waals surface area contributed by atoms with Crippen molar-refractivity contribution < 1.29 is 24.6 Å². The molecule has 7 nitrogen and oxygen atoms in total. The molecule has 0 radical (unpaired) electrons. The largest absolute Gasteiger partial charge is 0.477 e. The Morgan fingerprint density at radius 2 is 2.04 bits per heavy atom. The van der Waals surface area contributed by atoms with Crippen molar-refractivity contribution in [2.75, 3.05) is 0 Å². The predicted octanol–water partition coefficient (Wildman–Crippen LogP) is 1.38. The number of amides is 1. The van der Waals surface area contributed by atoms with E-state index in [1.807, 2.05) is 37.3 Å². The fourth-order valence-corrected chi connectivity index (χ4v) is 4.28. The molecule has 136 valence electrons. The molecular weight excluding hydrogens is 336 g/mol. The van der Waals surface area contributed by atoms with Crippen LogP contribution >= 0.6 is 0 Å². The Labute approximate surface area is 150 Å². The zero-order chi connectivity index (χ0) is 18.6. The molecule has 3 aliphatic rings. The van der Waals surface area contributed by atoms with Crippen LogP contribution in [0.25, 0.3) is 0 Å². The normalized spacial score (nSPS) is 31.3. The quantitative estimate of drug-likeness (QED) is 0.794. The van der Waals surface area contributed by atoms with Gasteiger partial charge in [0.2, 0.25) is 5.91 Å². The number of benzene rings is 1. The van der Waals surface area contributed by atoms with Crippen LogP contribution in [0, 0.1) is 11.8 Å². The van der Waals surface area contributed by atoms with E-state index in [-0.39, 0.29) is 23.6 Å². The van der Waals surface area contributed by atoms with E-state index in [4.69, 9.17) is 4.84 Å². The number of oxime groups is 1. The second-order valence-electron chi connectivity index (χ2n) is 7.08. The van der Waals surface area contributed by atoms with Gasteiger partial charge in [-0.05, 0) is 18.9 Å². The SMILES string of the molecule is C[C@@H]1C(c2ccccc2)=NO[C@@H]1C1=C(C(=O)O)N2C(=O)[C@H]([C@@H](C)O)[C@H]2C1. The van der Waals surface area contributed by atoms with Gasteiger partial charge in [-0.2, -0.15) is 0 Å². The van der Waals surface area contributed by atoms with E-state index in [0.717, 1.165) is 11.3 Å². The average molecular weight is 356 g/mol. The fourth-order valence-electron chi connectivity index (χ4n) is 4.28. The third-order valence-corrected chi connectivity index (χ3v) is 5.53. The van der Waals surface area contributed by atoms with Crippen molar-refractivity contribution in [3.63, 3.8) is 0 Å². The number of aliphatic hydroxyl groups is 1. The summed E-state index contributed by atoms with van der Waals surface area (Å²) >= 11 is 0. The summed E-state index contributed by atoms with van der Waals surface area (Å²) < 4.78 is 0. The minimum atomic E-state index is -1.15. The number of rotatable bonds is 4. The lowest BCUT2D eigenvalue weighted by molar-refractivity contribution is -0.161. The number of nitrogens with zero attached hydrogens (tertiary/aromatic N) is 2. The molecule has 26 heavy (non-hydrogen) atoms. The van der Waals surface area contributed by atoms with E-state index in [0.29, 0.717) is 12.0 Å². The Balaban J connectivity index is 1.64. The molecule has 4 rings (SSSR count). The van der Waals surface area contributed by atoms with Gasteiger partial charge in [-0.3, -0.25) is 4.79 Å². The first-order valence-corrected chi connectivity index (χ1v) is 8.68. The van der Waals surface area contributed by atoms with Gasteiger partial charge < -0.3 is 20.0 Å². The molecule has 1 amide bonds. The highest BCUT2D eigenvalue weighted by Gasteiger charge is 2.58. The first kappa shape index (κ1) is 16.8. The number of carbonyl (C=O) groups is 2. The van der Waals surface area contributed by atoms with E-state index in [1.165, 1.54) is 4.90 Å². The summed E-state index contributed by atoms with van der Waals surface area (Å²) in [6, 6.07) is 9.28. The minimum Gasteiger partial charge on any atom is -0.477 e. The summed E-state index contributed by atoms with van der Waals surface area (Å²) in [5.74, 6) is -2.19. The molecule has 5 atom stereocenters. The summed E-state index contributed by atoms with van der Waals surface area (Å²) in [7, 11) is 0. The number of fused-ring (bicyclic) bond motifs is 1. The molecular formula is C19H20N2O5. The van der Waals surface area contributed by atoms with Crippen molar-refractivity contribution in [2.45, 2.75) is 38.5 Å². The monoisotopic (exact) mass is 356 g/mol. The Bertz CT molecular complexity index is 830. The number of hydrogen-bond acceptors (Lipinski definition) is 5. The van der Waals surface area contributed by atoms with Gasteiger partial charge in [-0.25, -0.2) is 4.79 Å². The molecule has 0 unspecified atom stereocenters. The second-order valence-corrected chi connectivity index (χ2v) is 7.08. The average Bonchev–Trinajstić information content (AvgIpc) is 3.13. The molecule has 0 spiro atoms. The van der Waals surface area contributed by atoms with Gasteiger partial charge >= 0.3 is 5.97 Å². The molecule has 3 aliphatic heterocycles. The van der Waals surface area contributed by atoms with Crippen LogP contribution in [0.2, 0.25) is 0 Å². The maximum atomic E-state index is 12.3. The zero-order valence-electron chi connectivity index (χ0n) is 14.5. The Morgan fingerprint density at radius 3 is 2.65 bits per heavy atom. The molecule has 0 bridgehead atoms. The molecule has 3 heterocycles. The molecule has 7 heteroatoms. The molecule has 1 aromatic carbocycles. The van der Waals surface area contributed by atoms with E-state index >= 15 is 0 Å². The number of hydrogen-bond donors (Lipinski definition) is 2. The summed E-state index contributed by atoms with van der Waals surface area (Å²) in [5.41, 5.74) is 2.25. The van der Waals surface area contributed by atoms with Crippen LogP contribution in [0.3, 0.4) is 0 Å². The van der Waals surface area contributed by atoms with Gasteiger partial charge in [0.05, 0.1) is 23.8 Å². The third-order valence-electron chi connectivity index (χ3n) is 5.53. The summed E-state index contributed by atoms with van der Waals surface area (Å²) in [6.45, 7) is 3.50. The van der Waals surface area contributed by atoms with Crippen LogP contribution in [0.15, 0.2) is 46.8 Å². The lowest BCUT2D eigenvalue weighted by Gasteiger charge is -2.44. The van der Waals surface area contributed by atoms with Crippen molar-refractivity contribution >= 4 is 17.6 Å². The summed E-state index contributed by atoms with van der Waals surface area (Å²) in [5, 5.41) is 23.7. The van der Waals surface area contributed by atoms with Gasteiger partial charge in [0.25, 0.3) is 0 Å². The highest BCUT2D eigenvalue weighted by Crippen LogP contribution is 2.47. The van der Waals surface area contributed by atoms with Crippen LogP contribution in [0.4, 0.5) is 0 Å². The maximum Gasteiger partial charge on any atom is 0.352 e.